The number of piperazine rings is 1. The predicted molar refractivity (Wildman–Crippen MR) is 165 cm³/mol. The highest BCUT2D eigenvalue weighted by Crippen LogP contribution is 2.37. The lowest BCUT2D eigenvalue weighted by Gasteiger charge is -2.35. The van der Waals surface area contributed by atoms with E-state index in [2.05, 4.69) is 5.32 Å². The molecular weight excluding hydrogens is 549 g/mol. The summed E-state index contributed by atoms with van der Waals surface area (Å²) >= 11 is 0. The monoisotopic (exact) mass is 585 g/mol. The largest absolute Gasteiger partial charge is 0.444 e. The number of carbonyl (C=O) groups excluding carboxylic acids is 3. The molecule has 10 heteroatoms. The molecule has 0 radical (unpaired) electrons. The number of likely N-dealkylation sites (N-methyl/N-ethyl adjacent to an activating group) is 1. The number of anilines is 2. The molecule has 1 fully saturated rings. The van der Waals surface area contributed by atoms with Gasteiger partial charge in [-0.1, -0.05) is 36.4 Å². The van der Waals surface area contributed by atoms with Crippen LogP contribution in [-0.4, -0.2) is 78.8 Å². The molecule has 9 nitrogen and oxygen atoms in total. The number of halogens is 1. The zero-order chi connectivity index (χ0) is 30.7. The molecule has 0 aromatic heterocycles. The summed E-state index contributed by atoms with van der Waals surface area (Å²) in [7, 11) is 1.73. The second-order valence-electron chi connectivity index (χ2n) is 11.7. The molecule has 3 aromatic carbocycles. The number of aliphatic imine (C=N–C) groups is 1. The number of nitrogens with zero attached hydrogens (tertiary/aromatic N) is 4. The normalized spacial score (nSPS) is 17.3. The molecule has 0 aliphatic carbocycles. The summed E-state index contributed by atoms with van der Waals surface area (Å²) in [4.78, 5) is 48.6. The van der Waals surface area contributed by atoms with Gasteiger partial charge in [-0.25, -0.2) is 9.18 Å². The summed E-state index contributed by atoms with van der Waals surface area (Å²) in [6, 6.07) is 21.0. The Morgan fingerprint density at radius 1 is 1.00 bits per heavy atom. The third kappa shape index (κ3) is 7.09. The summed E-state index contributed by atoms with van der Waals surface area (Å²) in [5, 5.41) is 2.78. The minimum absolute atomic E-state index is 0.0709. The molecule has 5 rings (SSSR count). The molecule has 2 aliphatic heterocycles. The Labute approximate surface area is 250 Å². The lowest BCUT2D eigenvalue weighted by atomic mass is 9.90. The van der Waals surface area contributed by atoms with Crippen LogP contribution in [0.1, 0.15) is 37.8 Å². The van der Waals surface area contributed by atoms with E-state index in [4.69, 9.17) is 9.73 Å². The van der Waals surface area contributed by atoms with E-state index in [0.29, 0.717) is 54.5 Å². The van der Waals surface area contributed by atoms with Gasteiger partial charge in [0.25, 0.3) is 0 Å². The Morgan fingerprint density at radius 2 is 1.67 bits per heavy atom. The number of benzene rings is 3. The predicted octanol–water partition coefficient (Wildman–Crippen LogP) is 5.20. The SMILES string of the molecule is CN(C(=O)CN1CCN(C(=O)OC(C)(C)C)CC1)c1ccc(N=C(c2ccccc2)C2C(=O)Nc3cc(F)ccc32)cc1. The van der Waals surface area contributed by atoms with Crippen molar-refractivity contribution in [2.75, 3.05) is 50.0 Å². The van der Waals surface area contributed by atoms with Crippen molar-refractivity contribution in [3.05, 3.63) is 89.7 Å². The average Bonchev–Trinajstić information content (AvgIpc) is 3.30. The fourth-order valence-corrected chi connectivity index (χ4v) is 5.16. The minimum atomic E-state index is -0.697. The van der Waals surface area contributed by atoms with Crippen LogP contribution in [0.5, 0.6) is 0 Å². The van der Waals surface area contributed by atoms with Crippen LogP contribution in [0.4, 0.5) is 26.2 Å². The molecule has 3 aromatic rings. The van der Waals surface area contributed by atoms with Crippen molar-refractivity contribution in [2.24, 2.45) is 4.99 Å². The average molecular weight is 586 g/mol. The first kappa shape index (κ1) is 29.9. The van der Waals surface area contributed by atoms with Crippen LogP contribution < -0.4 is 10.2 Å². The molecule has 0 bridgehead atoms. The number of hydrogen-bond acceptors (Lipinski definition) is 6. The lowest BCUT2D eigenvalue weighted by Crippen LogP contribution is -2.52. The molecule has 1 unspecified atom stereocenters. The first-order valence-electron chi connectivity index (χ1n) is 14.3. The van der Waals surface area contributed by atoms with Gasteiger partial charge in [0.15, 0.2) is 0 Å². The van der Waals surface area contributed by atoms with Gasteiger partial charge < -0.3 is 19.9 Å². The molecule has 43 heavy (non-hydrogen) atoms. The summed E-state index contributed by atoms with van der Waals surface area (Å²) in [5.41, 5.74) is 3.22. The molecule has 1 saturated heterocycles. The number of carbonyl (C=O) groups is 3. The minimum Gasteiger partial charge on any atom is -0.444 e. The molecule has 1 N–H and O–H groups in total. The highest BCUT2D eigenvalue weighted by atomic mass is 19.1. The molecule has 3 amide bonds. The Hall–Kier alpha value is -4.57. The standard InChI is InChI=1S/C33H36FN5O4/c1-33(2,3)43-32(42)39-18-16-38(17-19-39)21-28(40)37(4)25-13-11-24(12-14-25)35-30(22-8-6-5-7-9-22)29-26-15-10-23(34)20-27(26)36-31(29)41/h5-15,20,29H,16-19,21H2,1-4H3,(H,36,41). The number of nitrogens with one attached hydrogen (secondary N) is 1. The van der Waals surface area contributed by atoms with E-state index in [9.17, 15) is 18.8 Å². The van der Waals surface area contributed by atoms with Crippen molar-refractivity contribution in [3.63, 3.8) is 0 Å². The van der Waals surface area contributed by atoms with Crippen LogP contribution >= 0.6 is 0 Å². The third-order valence-electron chi connectivity index (χ3n) is 7.43. The van der Waals surface area contributed by atoms with Crippen LogP contribution in [0.3, 0.4) is 0 Å². The molecule has 1 atom stereocenters. The zero-order valence-corrected chi connectivity index (χ0v) is 24.8. The van der Waals surface area contributed by atoms with Crippen molar-refractivity contribution in [1.29, 1.82) is 0 Å². The third-order valence-corrected chi connectivity index (χ3v) is 7.43. The maximum absolute atomic E-state index is 13.8. The topological polar surface area (TPSA) is 94.6 Å². The summed E-state index contributed by atoms with van der Waals surface area (Å²) in [6.45, 7) is 7.92. The first-order chi connectivity index (χ1) is 20.5. The van der Waals surface area contributed by atoms with Gasteiger partial charge in [-0.15, -0.1) is 0 Å². The lowest BCUT2D eigenvalue weighted by molar-refractivity contribution is -0.120. The Morgan fingerprint density at radius 3 is 2.33 bits per heavy atom. The summed E-state index contributed by atoms with van der Waals surface area (Å²) in [5.74, 6) is -1.46. The highest BCUT2D eigenvalue weighted by molar-refractivity contribution is 6.24. The van der Waals surface area contributed by atoms with Gasteiger partial charge in [0.2, 0.25) is 11.8 Å². The molecular formula is C33H36FN5O4. The summed E-state index contributed by atoms with van der Waals surface area (Å²) < 4.78 is 19.3. The Bertz CT molecular complexity index is 1530. The number of fused-ring (bicyclic) bond motifs is 1. The van der Waals surface area contributed by atoms with E-state index in [1.54, 1.807) is 35.0 Å². The second-order valence-corrected chi connectivity index (χ2v) is 11.7. The van der Waals surface area contributed by atoms with Crippen molar-refractivity contribution < 1.29 is 23.5 Å². The highest BCUT2D eigenvalue weighted by Gasteiger charge is 2.35. The number of hydrogen-bond donors (Lipinski definition) is 1. The van der Waals surface area contributed by atoms with Crippen LogP contribution in [0.25, 0.3) is 0 Å². The van der Waals surface area contributed by atoms with Crippen LogP contribution in [-0.2, 0) is 14.3 Å². The second kappa shape index (κ2) is 12.3. The molecule has 2 aliphatic rings. The smallest absolute Gasteiger partial charge is 0.410 e. The zero-order valence-electron chi connectivity index (χ0n) is 24.8. The van der Waals surface area contributed by atoms with Gasteiger partial charge in [0.05, 0.1) is 17.9 Å². The van der Waals surface area contributed by atoms with Gasteiger partial charge in [-0.2, -0.15) is 0 Å². The number of amides is 3. The fourth-order valence-electron chi connectivity index (χ4n) is 5.16. The quantitative estimate of drug-likeness (QED) is 0.402. The van der Waals surface area contributed by atoms with Gasteiger partial charge in [0.1, 0.15) is 17.3 Å². The molecule has 0 spiro atoms. The Kier molecular flexibility index (Phi) is 8.59. The van der Waals surface area contributed by atoms with E-state index in [1.807, 2.05) is 68.1 Å². The van der Waals surface area contributed by atoms with Crippen LogP contribution in [0, 0.1) is 5.82 Å². The maximum Gasteiger partial charge on any atom is 0.410 e. The van der Waals surface area contributed by atoms with E-state index < -0.39 is 17.3 Å². The van der Waals surface area contributed by atoms with Crippen molar-refractivity contribution in [1.82, 2.24) is 9.80 Å². The Balaban J connectivity index is 1.27. The molecule has 224 valence electrons. The van der Waals surface area contributed by atoms with Crippen molar-refractivity contribution in [2.45, 2.75) is 32.3 Å². The van der Waals surface area contributed by atoms with Crippen molar-refractivity contribution in [3.8, 4) is 0 Å². The van der Waals surface area contributed by atoms with E-state index in [-0.39, 0.29) is 24.5 Å². The fraction of sp³-hybridized carbons (Fsp3) is 0.333. The molecule has 0 saturated carbocycles. The maximum atomic E-state index is 13.8. The van der Waals surface area contributed by atoms with Gasteiger partial charge in [-0.3, -0.25) is 19.5 Å². The first-order valence-corrected chi connectivity index (χ1v) is 14.3. The van der Waals surface area contributed by atoms with E-state index in [0.717, 1.165) is 5.56 Å². The van der Waals surface area contributed by atoms with E-state index >= 15 is 0 Å². The van der Waals surface area contributed by atoms with Crippen LogP contribution in [0.2, 0.25) is 0 Å². The van der Waals surface area contributed by atoms with Gasteiger partial charge >= 0.3 is 6.09 Å². The van der Waals surface area contributed by atoms with Gasteiger partial charge in [0, 0.05) is 44.6 Å². The van der Waals surface area contributed by atoms with Gasteiger partial charge in [-0.05, 0) is 68.3 Å². The van der Waals surface area contributed by atoms with E-state index in [1.165, 1.54) is 12.1 Å². The van der Waals surface area contributed by atoms with Crippen LogP contribution in [0.15, 0.2) is 77.8 Å². The van der Waals surface area contributed by atoms with Crippen molar-refractivity contribution >= 4 is 40.7 Å². The molecule has 2 heterocycles. The number of ether oxygens (including phenoxy) is 1. The summed E-state index contributed by atoms with van der Waals surface area (Å²) in [6.07, 6.45) is -0.333. The number of rotatable bonds is 6.